The maximum absolute atomic E-state index is 12.1. The zero-order valence-electron chi connectivity index (χ0n) is 12.1. The molecule has 8 heteroatoms. The van der Waals surface area contributed by atoms with Crippen LogP contribution in [0.1, 0.15) is 13.8 Å². The average molecular weight is 371 g/mol. The first-order chi connectivity index (χ1) is 10.8. The number of imide groups is 1. The van der Waals surface area contributed by atoms with Crippen molar-refractivity contribution in [2.75, 3.05) is 5.43 Å². The van der Waals surface area contributed by atoms with Crippen LogP contribution in [0.5, 0.6) is 0 Å². The van der Waals surface area contributed by atoms with Gasteiger partial charge in [-0.05, 0) is 26.0 Å². The number of halogens is 3. The standard InChI is InChI=1S/C15H10Cl3N3O2/c1-6-7(2)15(23)21(14(6)22)20-11-5-10(17)8-3-4-9(16)12(18)13(8)19-11/h3-5H,1-2H3,(H,19,20). The molecular formula is C15H10Cl3N3O2. The molecule has 0 fully saturated rings. The predicted molar refractivity (Wildman–Crippen MR) is 90.6 cm³/mol. The van der Waals surface area contributed by atoms with Crippen molar-refractivity contribution in [2.24, 2.45) is 0 Å². The number of pyridine rings is 1. The summed E-state index contributed by atoms with van der Waals surface area (Å²) in [4.78, 5) is 28.5. The first-order valence-electron chi connectivity index (χ1n) is 6.58. The fourth-order valence-electron chi connectivity index (χ4n) is 2.21. The van der Waals surface area contributed by atoms with Gasteiger partial charge in [-0.25, -0.2) is 4.98 Å². The smallest absolute Gasteiger partial charge is 0.271 e. The Kier molecular flexibility index (Phi) is 3.96. The Morgan fingerprint density at radius 1 is 1.00 bits per heavy atom. The Morgan fingerprint density at radius 2 is 1.61 bits per heavy atom. The van der Waals surface area contributed by atoms with Crippen LogP contribution in [-0.2, 0) is 9.59 Å². The van der Waals surface area contributed by atoms with E-state index in [1.165, 1.54) is 6.07 Å². The molecule has 118 valence electrons. The van der Waals surface area contributed by atoms with Crippen molar-refractivity contribution < 1.29 is 9.59 Å². The van der Waals surface area contributed by atoms with Gasteiger partial charge in [-0.2, -0.15) is 5.01 Å². The lowest BCUT2D eigenvalue weighted by molar-refractivity contribution is -0.135. The largest absolute Gasteiger partial charge is 0.275 e. The molecule has 0 unspecified atom stereocenters. The maximum atomic E-state index is 12.1. The molecule has 1 aliphatic rings. The quantitative estimate of drug-likeness (QED) is 0.804. The minimum atomic E-state index is -0.428. The van der Waals surface area contributed by atoms with E-state index in [-0.39, 0.29) is 10.8 Å². The van der Waals surface area contributed by atoms with Gasteiger partial charge in [0.25, 0.3) is 11.8 Å². The molecule has 1 aromatic carbocycles. The molecule has 0 saturated heterocycles. The molecule has 1 aliphatic heterocycles. The van der Waals surface area contributed by atoms with Gasteiger partial charge < -0.3 is 0 Å². The highest BCUT2D eigenvalue weighted by atomic mass is 35.5. The van der Waals surface area contributed by atoms with E-state index in [1.807, 2.05) is 0 Å². The van der Waals surface area contributed by atoms with Gasteiger partial charge in [0.05, 0.1) is 20.6 Å². The third-order valence-corrected chi connectivity index (χ3v) is 4.77. The van der Waals surface area contributed by atoms with Gasteiger partial charge in [0, 0.05) is 22.6 Å². The number of rotatable bonds is 2. The summed E-state index contributed by atoms with van der Waals surface area (Å²) in [6.45, 7) is 3.18. The Balaban J connectivity index is 2.04. The maximum Gasteiger partial charge on any atom is 0.275 e. The van der Waals surface area contributed by atoms with Gasteiger partial charge in [0.1, 0.15) is 5.82 Å². The van der Waals surface area contributed by atoms with Crippen molar-refractivity contribution in [1.82, 2.24) is 9.99 Å². The third kappa shape index (κ3) is 2.55. The molecule has 0 radical (unpaired) electrons. The summed E-state index contributed by atoms with van der Waals surface area (Å²) >= 11 is 18.4. The summed E-state index contributed by atoms with van der Waals surface area (Å²) in [5, 5.41) is 2.47. The number of amides is 2. The van der Waals surface area contributed by atoms with Crippen LogP contribution in [0.25, 0.3) is 10.9 Å². The third-order valence-electron chi connectivity index (χ3n) is 3.66. The number of hydrogen-bond donors (Lipinski definition) is 1. The van der Waals surface area contributed by atoms with Crippen LogP contribution in [0.4, 0.5) is 5.82 Å². The van der Waals surface area contributed by atoms with Gasteiger partial charge in [0.2, 0.25) is 0 Å². The monoisotopic (exact) mass is 369 g/mol. The topological polar surface area (TPSA) is 62.3 Å². The van der Waals surface area contributed by atoms with Gasteiger partial charge in [-0.3, -0.25) is 15.0 Å². The van der Waals surface area contributed by atoms with E-state index < -0.39 is 11.8 Å². The van der Waals surface area contributed by atoms with Gasteiger partial charge in [-0.15, -0.1) is 0 Å². The summed E-state index contributed by atoms with van der Waals surface area (Å²) in [5.41, 5.74) is 3.83. The number of carbonyl (C=O) groups is 2. The number of benzene rings is 1. The number of fused-ring (bicyclic) bond motifs is 1. The Labute approximate surface area is 146 Å². The highest BCUT2D eigenvalue weighted by Crippen LogP contribution is 2.34. The Bertz CT molecular complexity index is 884. The lowest BCUT2D eigenvalue weighted by Crippen LogP contribution is -2.37. The lowest BCUT2D eigenvalue weighted by Gasteiger charge is -2.17. The summed E-state index contributed by atoms with van der Waals surface area (Å²) < 4.78 is 0. The number of hydrogen-bond acceptors (Lipinski definition) is 4. The highest BCUT2D eigenvalue weighted by molar-refractivity contribution is 6.46. The van der Waals surface area contributed by atoms with Crippen LogP contribution in [0.15, 0.2) is 29.3 Å². The van der Waals surface area contributed by atoms with Crippen molar-refractivity contribution in [3.63, 3.8) is 0 Å². The van der Waals surface area contributed by atoms with Crippen molar-refractivity contribution in [2.45, 2.75) is 13.8 Å². The average Bonchev–Trinajstić information content (AvgIpc) is 2.69. The van der Waals surface area contributed by atoms with Crippen molar-refractivity contribution in [1.29, 1.82) is 0 Å². The molecule has 0 bridgehead atoms. The van der Waals surface area contributed by atoms with E-state index in [9.17, 15) is 9.59 Å². The van der Waals surface area contributed by atoms with E-state index in [0.717, 1.165) is 5.01 Å². The van der Waals surface area contributed by atoms with E-state index in [4.69, 9.17) is 34.8 Å². The minimum Gasteiger partial charge on any atom is -0.271 e. The van der Waals surface area contributed by atoms with E-state index >= 15 is 0 Å². The molecule has 0 saturated carbocycles. The molecule has 2 aromatic rings. The summed E-state index contributed by atoms with van der Waals surface area (Å²) in [6, 6.07) is 4.83. The van der Waals surface area contributed by atoms with Crippen molar-refractivity contribution in [3.8, 4) is 0 Å². The Morgan fingerprint density at radius 3 is 2.22 bits per heavy atom. The van der Waals surface area contributed by atoms with Gasteiger partial charge in [0.15, 0.2) is 0 Å². The van der Waals surface area contributed by atoms with Crippen LogP contribution >= 0.6 is 34.8 Å². The molecule has 2 heterocycles. The molecule has 1 N–H and O–H groups in total. The van der Waals surface area contributed by atoms with Crippen molar-refractivity contribution in [3.05, 3.63) is 44.4 Å². The molecule has 23 heavy (non-hydrogen) atoms. The number of carbonyl (C=O) groups excluding carboxylic acids is 2. The molecule has 1 aromatic heterocycles. The zero-order chi connectivity index (χ0) is 16.9. The normalized spacial score (nSPS) is 15.1. The molecule has 3 rings (SSSR count). The first kappa shape index (κ1) is 16.1. The number of nitrogens with zero attached hydrogens (tertiary/aromatic N) is 2. The van der Waals surface area contributed by atoms with Crippen LogP contribution in [0, 0.1) is 0 Å². The van der Waals surface area contributed by atoms with Crippen LogP contribution in [0.2, 0.25) is 15.1 Å². The van der Waals surface area contributed by atoms with E-state index in [2.05, 4.69) is 10.4 Å². The number of anilines is 1. The SMILES string of the molecule is CC1=C(C)C(=O)N(Nc2cc(Cl)c3ccc(Cl)c(Cl)c3n2)C1=O. The number of hydrazine groups is 1. The summed E-state index contributed by atoms with van der Waals surface area (Å²) in [6.07, 6.45) is 0. The number of aromatic nitrogens is 1. The minimum absolute atomic E-state index is 0.218. The van der Waals surface area contributed by atoms with Crippen LogP contribution in [-0.4, -0.2) is 21.8 Å². The molecular weight excluding hydrogens is 361 g/mol. The summed E-state index contributed by atoms with van der Waals surface area (Å²) in [7, 11) is 0. The number of nitrogens with one attached hydrogen (secondary N) is 1. The Hall–Kier alpha value is -1.82. The van der Waals surface area contributed by atoms with Gasteiger partial charge >= 0.3 is 0 Å². The second kappa shape index (κ2) is 5.67. The van der Waals surface area contributed by atoms with Crippen LogP contribution < -0.4 is 5.43 Å². The predicted octanol–water partition coefficient (Wildman–Crippen LogP) is 4.23. The highest BCUT2D eigenvalue weighted by Gasteiger charge is 2.34. The molecule has 0 spiro atoms. The fraction of sp³-hybridized carbons (Fsp3) is 0.133. The molecule has 0 aliphatic carbocycles. The molecule has 5 nitrogen and oxygen atoms in total. The fourth-order valence-corrected chi connectivity index (χ4v) is 2.83. The second-order valence-electron chi connectivity index (χ2n) is 5.05. The summed E-state index contributed by atoms with van der Waals surface area (Å²) in [5.74, 6) is -0.638. The zero-order valence-corrected chi connectivity index (χ0v) is 14.3. The molecule has 2 amide bonds. The van der Waals surface area contributed by atoms with Crippen LogP contribution in [0.3, 0.4) is 0 Å². The molecule has 0 atom stereocenters. The van der Waals surface area contributed by atoms with Gasteiger partial charge in [-0.1, -0.05) is 34.8 Å². The first-order valence-corrected chi connectivity index (χ1v) is 7.72. The van der Waals surface area contributed by atoms with E-state index in [0.29, 0.717) is 32.1 Å². The second-order valence-corrected chi connectivity index (χ2v) is 6.25. The lowest BCUT2D eigenvalue weighted by atomic mass is 10.2. The van der Waals surface area contributed by atoms with Crippen molar-refractivity contribution >= 4 is 63.3 Å². The van der Waals surface area contributed by atoms with E-state index in [1.54, 1.807) is 26.0 Å².